The maximum Gasteiger partial charge on any atom is 0.169 e. The van der Waals surface area contributed by atoms with Crippen molar-refractivity contribution in [3.63, 3.8) is 0 Å². The van der Waals surface area contributed by atoms with Crippen molar-refractivity contribution in [2.45, 2.75) is 6.92 Å². The third-order valence-electron chi connectivity index (χ3n) is 1.29. The van der Waals surface area contributed by atoms with Gasteiger partial charge in [0.2, 0.25) is 0 Å². The lowest BCUT2D eigenvalue weighted by molar-refractivity contribution is -0.211. The first-order valence-electron chi connectivity index (χ1n) is 3.03. The third kappa shape index (κ3) is 2.08. The molecule has 0 aliphatic carbocycles. The maximum absolute atomic E-state index is 5.77. The zero-order valence-electron chi connectivity index (χ0n) is 6.00. The number of hydrogen-bond acceptors (Lipinski definition) is 3. The van der Waals surface area contributed by atoms with Crippen LogP contribution in [0.15, 0.2) is 18.2 Å². The Morgan fingerprint density at radius 3 is 2.73 bits per heavy atom. The van der Waals surface area contributed by atoms with Crippen molar-refractivity contribution in [2.24, 2.45) is 5.90 Å². The topological polar surface area (TPSA) is 44.5 Å². The molecule has 0 radical (unpaired) electrons. The highest BCUT2D eigenvalue weighted by Gasteiger charge is 1.97. The summed E-state index contributed by atoms with van der Waals surface area (Å²) in [4.78, 5) is 8.50. The van der Waals surface area contributed by atoms with Gasteiger partial charge in [0.15, 0.2) is 5.75 Å². The summed E-state index contributed by atoms with van der Waals surface area (Å²) in [6.07, 6.45) is 0. The lowest BCUT2D eigenvalue weighted by atomic mass is 10.2. The van der Waals surface area contributed by atoms with E-state index in [1.165, 1.54) is 0 Å². The Labute approximate surface area is 69.5 Å². The van der Waals surface area contributed by atoms with Gasteiger partial charge in [0.25, 0.3) is 0 Å². The molecule has 0 aromatic heterocycles. The van der Waals surface area contributed by atoms with E-state index in [0.29, 0.717) is 10.8 Å². The van der Waals surface area contributed by atoms with E-state index in [0.717, 1.165) is 5.56 Å². The molecule has 1 rings (SSSR count). The molecular formula is C7H8ClNO2. The number of benzene rings is 1. The Morgan fingerprint density at radius 1 is 1.45 bits per heavy atom. The minimum Gasteiger partial charge on any atom is -0.320 e. The van der Waals surface area contributed by atoms with Crippen LogP contribution in [0.2, 0.25) is 5.02 Å². The minimum atomic E-state index is 0.489. The largest absolute Gasteiger partial charge is 0.320 e. The van der Waals surface area contributed by atoms with Gasteiger partial charge in [0, 0.05) is 11.1 Å². The van der Waals surface area contributed by atoms with Crippen molar-refractivity contribution >= 4 is 11.6 Å². The van der Waals surface area contributed by atoms with E-state index in [9.17, 15) is 0 Å². The predicted molar refractivity (Wildman–Crippen MR) is 42.1 cm³/mol. The van der Waals surface area contributed by atoms with Gasteiger partial charge in [-0.05, 0) is 18.6 Å². The van der Waals surface area contributed by atoms with Crippen molar-refractivity contribution in [1.29, 1.82) is 0 Å². The molecule has 0 spiro atoms. The van der Waals surface area contributed by atoms with Gasteiger partial charge >= 0.3 is 0 Å². The number of hydrogen-bond donors (Lipinski definition) is 1. The van der Waals surface area contributed by atoms with Crippen LogP contribution >= 0.6 is 11.6 Å². The molecule has 0 atom stereocenters. The van der Waals surface area contributed by atoms with Crippen LogP contribution in [0.4, 0.5) is 0 Å². The molecule has 0 amide bonds. The molecule has 11 heavy (non-hydrogen) atoms. The van der Waals surface area contributed by atoms with Gasteiger partial charge in [-0.1, -0.05) is 22.7 Å². The third-order valence-corrected chi connectivity index (χ3v) is 1.69. The molecule has 0 aliphatic heterocycles. The van der Waals surface area contributed by atoms with Gasteiger partial charge in [-0.3, -0.25) is 0 Å². The Kier molecular flexibility index (Phi) is 2.70. The zero-order valence-corrected chi connectivity index (χ0v) is 6.76. The van der Waals surface area contributed by atoms with Crippen LogP contribution < -0.4 is 10.8 Å². The summed E-state index contributed by atoms with van der Waals surface area (Å²) in [5, 5.41) is 0.625. The maximum atomic E-state index is 5.77. The summed E-state index contributed by atoms with van der Waals surface area (Å²) in [6.45, 7) is 1.90. The minimum absolute atomic E-state index is 0.489. The summed E-state index contributed by atoms with van der Waals surface area (Å²) in [5.74, 6) is 5.17. The van der Waals surface area contributed by atoms with Crippen LogP contribution in [0.5, 0.6) is 5.75 Å². The summed E-state index contributed by atoms with van der Waals surface area (Å²) in [5.41, 5.74) is 0.982. The second kappa shape index (κ2) is 3.57. The molecule has 0 saturated heterocycles. The van der Waals surface area contributed by atoms with Crippen molar-refractivity contribution in [1.82, 2.24) is 0 Å². The smallest absolute Gasteiger partial charge is 0.169 e. The first-order valence-corrected chi connectivity index (χ1v) is 3.41. The highest BCUT2D eigenvalue weighted by atomic mass is 35.5. The van der Waals surface area contributed by atoms with Crippen molar-refractivity contribution in [3.05, 3.63) is 28.8 Å². The molecule has 0 unspecified atom stereocenters. The monoisotopic (exact) mass is 173 g/mol. The normalized spacial score (nSPS) is 9.73. The average Bonchev–Trinajstić information content (AvgIpc) is 1.98. The molecule has 0 aliphatic rings. The van der Waals surface area contributed by atoms with Crippen molar-refractivity contribution in [2.75, 3.05) is 0 Å². The summed E-state index contributed by atoms with van der Waals surface area (Å²) in [7, 11) is 0. The van der Waals surface area contributed by atoms with E-state index in [1.54, 1.807) is 12.1 Å². The zero-order chi connectivity index (χ0) is 8.27. The van der Waals surface area contributed by atoms with Crippen LogP contribution in [0.1, 0.15) is 5.56 Å². The molecule has 60 valence electrons. The molecule has 0 fully saturated rings. The molecule has 2 N–H and O–H groups in total. The SMILES string of the molecule is Cc1ccc(OON)cc1Cl. The summed E-state index contributed by atoms with van der Waals surface area (Å²) < 4.78 is 0. The Balaban J connectivity index is 2.86. The van der Waals surface area contributed by atoms with E-state index < -0.39 is 0 Å². The lowest BCUT2D eigenvalue weighted by Gasteiger charge is -2.01. The van der Waals surface area contributed by atoms with E-state index in [-0.39, 0.29) is 0 Å². The Morgan fingerprint density at radius 2 is 2.18 bits per heavy atom. The number of aryl methyl sites for hydroxylation is 1. The van der Waals surface area contributed by atoms with Crippen LogP contribution in [0.3, 0.4) is 0 Å². The van der Waals surface area contributed by atoms with Crippen molar-refractivity contribution in [3.8, 4) is 5.75 Å². The quantitative estimate of drug-likeness (QED) is 0.548. The molecule has 4 heteroatoms. The molecule has 3 nitrogen and oxygen atoms in total. The fourth-order valence-corrected chi connectivity index (χ4v) is 0.852. The van der Waals surface area contributed by atoms with Gasteiger partial charge in [-0.15, -0.1) is 0 Å². The Bertz CT molecular complexity index is 252. The summed E-state index contributed by atoms with van der Waals surface area (Å²) >= 11 is 5.77. The van der Waals surface area contributed by atoms with Gasteiger partial charge < -0.3 is 4.89 Å². The van der Waals surface area contributed by atoms with Crippen LogP contribution in [-0.4, -0.2) is 0 Å². The molecule has 1 aromatic carbocycles. The Hall–Kier alpha value is -0.770. The molecule has 0 bridgehead atoms. The fourth-order valence-electron chi connectivity index (χ4n) is 0.681. The number of nitrogens with two attached hydrogens (primary N) is 1. The predicted octanol–water partition coefficient (Wildman–Crippen LogP) is 1.83. The standard InChI is InChI=1S/C7H8ClNO2/c1-5-2-3-6(10-11-9)4-7(5)8/h2-4H,9H2,1H3. The van der Waals surface area contributed by atoms with E-state index in [1.807, 2.05) is 13.0 Å². The molecule has 0 heterocycles. The van der Waals surface area contributed by atoms with Gasteiger partial charge in [-0.25, -0.2) is 0 Å². The van der Waals surface area contributed by atoms with E-state index in [2.05, 4.69) is 15.8 Å². The lowest BCUT2D eigenvalue weighted by Crippen LogP contribution is -2.02. The molecule has 0 saturated carbocycles. The summed E-state index contributed by atoms with van der Waals surface area (Å²) in [6, 6.07) is 5.16. The first-order chi connectivity index (χ1) is 5.24. The van der Waals surface area contributed by atoms with Crippen molar-refractivity contribution < 1.29 is 9.88 Å². The second-order valence-corrected chi connectivity index (χ2v) is 2.50. The average molecular weight is 174 g/mol. The number of halogens is 1. The van der Waals surface area contributed by atoms with Gasteiger partial charge in [-0.2, -0.15) is 5.90 Å². The van der Waals surface area contributed by atoms with E-state index in [4.69, 9.17) is 11.6 Å². The first kappa shape index (κ1) is 8.33. The van der Waals surface area contributed by atoms with Crippen LogP contribution in [-0.2, 0) is 4.99 Å². The van der Waals surface area contributed by atoms with Crippen LogP contribution in [0.25, 0.3) is 0 Å². The highest BCUT2D eigenvalue weighted by Crippen LogP contribution is 2.21. The molecule has 1 aromatic rings. The molecular weight excluding hydrogens is 166 g/mol. The highest BCUT2D eigenvalue weighted by molar-refractivity contribution is 6.31. The number of rotatable bonds is 2. The second-order valence-electron chi connectivity index (χ2n) is 2.09. The van der Waals surface area contributed by atoms with Gasteiger partial charge in [0.1, 0.15) is 0 Å². The van der Waals surface area contributed by atoms with Crippen LogP contribution in [0, 0.1) is 6.92 Å². The van der Waals surface area contributed by atoms with Gasteiger partial charge in [0.05, 0.1) is 0 Å². The van der Waals surface area contributed by atoms with E-state index >= 15 is 0 Å². The fraction of sp³-hybridized carbons (Fsp3) is 0.143.